The van der Waals surface area contributed by atoms with E-state index >= 15 is 0 Å². The first-order valence-corrected chi connectivity index (χ1v) is 14.8. The number of aliphatic hydroxyl groups is 1. The van der Waals surface area contributed by atoms with Crippen LogP contribution in [0.25, 0.3) is 21.9 Å². The Kier molecular flexibility index (Phi) is 7.24. The van der Waals surface area contributed by atoms with Crippen LogP contribution in [-0.4, -0.2) is 27.2 Å². The predicted octanol–water partition coefficient (Wildman–Crippen LogP) is 7.04. The van der Waals surface area contributed by atoms with Crippen LogP contribution in [0.4, 0.5) is 0 Å². The minimum atomic E-state index is -0.365. The van der Waals surface area contributed by atoms with E-state index in [0.717, 1.165) is 34.6 Å². The smallest absolute Gasteiger partial charge is 0.228 e. The average molecular weight is 538 g/mol. The average Bonchev–Trinajstić information content (AvgIpc) is 3.71. The van der Waals surface area contributed by atoms with Gasteiger partial charge < -0.3 is 15.0 Å². The number of thiophene rings is 1. The number of nitrogens with zero attached hydrogens (tertiary/aromatic N) is 2. The normalized spacial score (nSPS) is 15.7. The molecule has 0 saturated heterocycles. The third-order valence-electron chi connectivity index (χ3n) is 8.26. The molecule has 3 aromatic heterocycles. The predicted molar refractivity (Wildman–Crippen MR) is 159 cm³/mol. The monoisotopic (exact) mass is 537 g/mol. The summed E-state index contributed by atoms with van der Waals surface area (Å²) in [4.78, 5) is 19.6. The number of rotatable bonds is 8. The zero-order valence-corrected chi connectivity index (χ0v) is 23.4. The number of nitrogens with one attached hydrogen (secondary N) is 1. The van der Waals surface area contributed by atoms with E-state index in [1.807, 2.05) is 17.5 Å². The summed E-state index contributed by atoms with van der Waals surface area (Å²) in [5, 5.41) is 17.6. The lowest BCUT2D eigenvalue weighted by Crippen LogP contribution is -2.36. The van der Waals surface area contributed by atoms with Gasteiger partial charge in [-0.1, -0.05) is 61.4 Å². The molecular formula is C33H35N3O2S. The van der Waals surface area contributed by atoms with E-state index in [0.29, 0.717) is 12.5 Å². The van der Waals surface area contributed by atoms with E-state index in [2.05, 4.69) is 78.3 Å². The summed E-state index contributed by atoms with van der Waals surface area (Å²) in [6.07, 6.45) is 4.46. The van der Waals surface area contributed by atoms with Gasteiger partial charge in [0.25, 0.3) is 0 Å². The van der Waals surface area contributed by atoms with Crippen molar-refractivity contribution in [2.45, 2.75) is 58.0 Å². The number of para-hydroxylation sites is 1. The topological polar surface area (TPSA) is 67.2 Å². The van der Waals surface area contributed by atoms with Crippen LogP contribution >= 0.6 is 11.3 Å². The Morgan fingerprint density at radius 1 is 1.08 bits per heavy atom. The van der Waals surface area contributed by atoms with Crippen molar-refractivity contribution in [1.29, 1.82) is 0 Å². The van der Waals surface area contributed by atoms with Crippen molar-refractivity contribution < 1.29 is 9.90 Å². The minimum absolute atomic E-state index is 0.0136. The quantitative estimate of drug-likeness (QED) is 0.223. The Balaban J connectivity index is 1.31. The van der Waals surface area contributed by atoms with Gasteiger partial charge >= 0.3 is 0 Å². The number of benzene rings is 2. The number of carbonyl (C=O) groups is 1. The van der Waals surface area contributed by atoms with Crippen LogP contribution in [0.3, 0.4) is 0 Å². The Morgan fingerprint density at radius 2 is 1.85 bits per heavy atom. The second kappa shape index (κ2) is 10.9. The van der Waals surface area contributed by atoms with E-state index in [4.69, 9.17) is 4.98 Å². The number of amides is 1. The summed E-state index contributed by atoms with van der Waals surface area (Å²) in [5.74, 6) is 0.126. The molecule has 1 aliphatic rings. The highest BCUT2D eigenvalue weighted by Gasteiger charge is 2.33. The molecule has 0 radical (unpaired) electrons. The van der Waals surface area contributed by atoms with Crippen molar-refractivity contribution in [3.05, 3.63) is 99.4 Å². The Bertz CT molecular complexity index is 1600. The summed E-state index contributed by atoms with van der Waals surface area (Å²) >= 11 is 1.56. The van der Waals surface area contributed by atoms with Gasteiger partial charge in [0.15, 0.2) is 0 Å². The Labute approximate surface area is 233 Å². The lowest BCUT2D eigenvalue weighted by Gasteiger charge is -2.26. The van der Waals surface area contributed by atoms with Gasteiger partial charge in [0.05, 0.1) is 24.1 Å². The van der Waals surface area contributed by atoms with Gasteiger partial charge in [-0.3, -0.25) is 4.79 Å². The molecule has 1 aliphatic carbocycles. The van der Waals surface area contributed by atoms with Gasteiger partial charge in [0.1, 0.15) is 5.65 Å². The van der Waals surface area contributed by atoms with Gasteiger partial charge in [0.2, 0.25) is 5.91 Å². The molecule has 39 heavy (non-hydrogen) atoms. The van der Waals surface area contributed by atoms with Crippen molar-refractivity contribution in [3.8, 4) is 0 Å². The zero-order chi connectivity index (χ0) is 26.9. The van der Waals surface area contributed by atoms with Crippen LogP contribution in [-0.2, 0) is 11.3 Å². The molecular weight excluding hydrogens is 502 g/mol. The molecule has 2 aromatic carbocycles. The van der Waals surface area contributed by atoms with Gasteiger partial charge in [-0.25, -0.2) is 4.98 Å². The van der Waals surface area contributed by atoms with E-state index < -0.39 is 0 Å². The summed E-state index contributed by atoms with van der Waals surface area (Å²) in [6, 6.07) is 22.8. The third-order valence-corrected chi connectivity index (χ3v) is 9.25. The molecule has 6 rings (SSSR count). The Hall–Kier alpha value is -3.48. The lowest BCUT2D eigenvalue weighted by atomic mass is 9.83. The van der Waals surface area contributed by atoms with Crippen LogP contribution in [0.15, 0.2) is 72.1 Å². The summed E-state index contributed by atoms with van der Waals surface area (Å²) in [7, 11) is 0. The molecule has 1 fully saturated rings. The number of fused-ring (bicyclic) bond motifs is 3. The van der Waals surface area contributed by atoms with Gasteiger partial charge in [0, 0.05) is 27.9 Å². The van der Waals surface area contributed by atoms with Crippen LogP contribution < -0.4 is 5.32 Å². The third kappa shape index (κ3) is 4.99. The molecule has 0 spiro atoms. The van der Waals surface area contributed by atoms with Crippen molar-refractivity contribution in [2.75, 3.05) is 6.61 Å². The van der Waals surface area contributed by atoms with Gasteiger partial charge in [-0.05, 0) is 72.9 Å². The fourth-order valence-corrected chi connectivity index (χ4v) is 7.21. The van der Waals surface area contributed by atoms with Crippen LogP contribution in [0.2, 0.25) is 0 Å². The molecule has 200 valence electrons. The first kappa shape index (κ1) is 25.8. The maximum atomic E-state index is 13.7. The number of aliphatic hydroxyl groups excluding tert-OH is 1. The second-order valence-corrected chi connectivity index (χ2v) is 11.9. The van der Waals surface area contributed by atoms with E-state index in [1.54, 1.807) is 11.3 Å². The summed E-state index contributed by atoms with van der Waals surface area (Å²) in [6.45, 7) is 4.83. The fraction of sp³-hybridized carbons (Fsp3) is 0.333. The number of aryl methyl sites for hydroxylation is 2. The minimum Gasteiger partial charge on any atom is -0.394 e. The first-order valence-electron chi connectivity index (χ1n) is 13.9. The summed E-state index contributed by atoms with van der Waals surface area (Å²) < 4.78 is 2.31. The van der Waals surface area contributed by atoms with E-state index in [1.165, 1.54) is 40.3 Å². The number of carbonyl (C=O) groups excluding carboxylic acids is 1. The Morgan fingerprint density at radius 3 is 2.56 bits per heavy atom. The molecule has 0 aliphatic heterocycles. The van der Waals surface area contributed by atoms with Crippen LogP contribution in [0.1, 0.15) is 64.9 Å². The molecule has 0 bridgehead atoms. The molecule has 5 aromatic rings. The zero-order valence-electron chi connectivity index (χ0n) is 22.6. The number of pyridine rings is 1. The van der Waals surface area contributed by atoms with Crippen molar-refractivity contribution >= 4 is 39.2 Å². The summed E-state index contributed by atoms with van der Waals surface area (Å²) in [5.41, 5.74) is 6.71. The van der Waals surface area contributed by atoms with E-state index in [9.17, 15) is 9.90 Å². The van der Waals surface area contributed by atoms with E-state index in [-0.39, 0.29) is 24.5 Å². The number of hydrogen-bond acceptors (Lipinski definition) is 4. The highest BCUT2D eigenvalue weighted by molar-refractivity contribution is 7.10. The lowest BCUT2D eigenvalue weighted by molar-refractivity contribution is -0.124. The number of aromatic nitrogens is 2. The molecule has 1 amide bonds. The molecule has 2 atom stereocenters. The molecule has 1 unspecified atom stereocenters. The van der Waals surface area contributed by atoms with Crippen molar-refractivity contribution in [3.63, 3.8) is 0 Å². The fourth-order valence-electron chi connectivity index (χ4n) is 6.44. The largest absolute Gasteiger partial charge is 0.394 e. The highest BCUT2D eigenvalue weighted by atomic mass is 32.1. The first-order chi connectivity index (χ1) is 19.0. The molecule has 3 heterocycles. The molecule has 1 saturated carbocycles. The second-order valence-electron chi connectivity index (χ2n) is 10.9. The highest BCUT2D eigenvalue weighted by Crippen LogP contribution is 2.38. The SMILES string of the molecule is Cc1cc(C)c2c3ccccc3n(Cc3ccc(C(C(=O)N[C@@H](CO)c4cccs4)C4CCCC4)cc3)c2n1. The van der Waals surface area contributed by atoms with Crippen molar-refractivity contribution in [2.24, 2.45) is 5.92 Å². The van der Waals surface area contributed by atoms with Crippen LogP contribution in [0.5, 0.6) is 0 Å². The molecule has 6 heteroatoms. The maximum Gasteiger partial charge on any atom is 0.228 e. The standard InChI is InChI=1S/C33H35N3O2S/c1-21-18-22(2)34-32-30(21)26-10-5-6-11-28(26)36(32)19-23-13-15-25(16-14-23)31(24-8-3-4-9-24)33(38)35-27(20-37)29-12-7-17-39-29/h5-7,10-18,24,27,31,37H,3-4,8-9,19-20H2,1-2H3,(H,35,38)/t27-,31?/m0/s1. The number of hydrogen-bond donors (Lipinski definition) is 2. The van der Waals surface area contributed by atoms with Crippen LogP contribution in [0, 0.1) is 19.8 Å². The molecule has 5 nitrogen and oxygen atoms in total. The maximum absolute atomic E-state index is 13.7. The molecule has 2 N–H and O–H groups in total. The van der Waals surface area contributed by atoms with Crippen molar-refractivity contribution in [1.82, 2.24) is 14.9 Å². The van der Waals surface area contributed by atoms with Gasteiger partial charge in [-0.2, -0.15) is 0 Å². The van der Waals surface area contributed by atoms with Gasteiger partial charge in [-0.15, -0.1) is 11.3 Å².